The Hall–Kier alpha value is -1.42. The first-order chi connectivity index (χ1) is 11.6. The van der Waals surface area contributed by atoms with E-state index in [0.717, 1.165) is 23.1 Å². The number of nitrogens with zero attached hydrogens (tertiary/aromatic N) is 3. The summed E-state index contributed by atoms with van der Waals surface area (Å²) < 4.78 is 18.5. The van der Waals surface area contributed by atoms with Crippen LogP contribution < -0.4 is 10.1 Å². The summed E-state index contributed by atoms with van der Waals surface area (Å²) in [6.45, 7) is 3.89. The van der Waals surface area contributed by atoms with E-state index in [1.165, 1.54) is 12.1 Å². The molecule has 0 aliphatic heterocycles. The van der Waals surface area contributed by atoms with Gasteiger partial charge in [0.25, 0.3) is 0 Å². The number of hydrogen-bond donors (Lipinski definition) is 1. The Bertz CT molecular complexity index is 663. The van der Waals surface area contributed by atoms with Gasteiger partial charge in [0.2, 0.25) is 0 Å². The zero-order chi connectivity index (χ0) is 17.4. The van der Waals surface area contributed by atoms with Crippen LogP contribution in [0.5, 0.6) is 5.75 Å². The molecule has 0 atom stereocenters. The fourth-order valence-corrected chi connectivity index (χ4v) is 2.83. The molecule has 2 rings (SSSR count). The van der Waals surface area contributed by atoms with Gasteiger partial charge in [0.05, 0.1) is 23.8 Å². The van der Waals surface area contributed by atoms with Crippen molar-refractivity contribution >= 4 is 41.3 Å². The maximum absolute atomic E-state index is 12.8. The Labute approximate surface area is 169 Å². The minimum atomic E-state index is -0.266. The van der Waals surface area contributed by atoms with Crippen molar-refractivity contribution in [2.24, 2.45) is 4.99 Å². The van der Waals surface area contributed by atoms with Crippen molar-refractivity contribution < 1.29 is 9.13 Å². The number of aromatic nitrogens is 1. The molecule has 25 heavy (non-hydrogen) atoms. The lowest BCUT2D eigenvalue weighted by Gasteiger charge is -2.21. The van der Waals surface area contributed by atoms with Gasteiger partial charge in [0, 0.05) is 19.5 Å². The summed E-state index contributed by atoms with van der Waals surface area (Å²) in [5.74, 6) is 1.17. The minimum absolute atomic E-state index is 0. The van der Waals surface area contributed by atoms with Gasteiger partial charge >= 0.3 is 0 Å². The summed E-state index contributed by atoms with van der Waals surface area (Å²) in [7, 11) is 3.69. The summed E-state index contributed by atoms with van der Waals surface area (Å²) >= 11 is 1.68. The third-order valence-corrected chi connectivity index (χ3v) is 4.45. The SMILES string of the molecule is CCc1nc(CNC(=NC)N(C)CCOc2ccc(F)cc2)cs1.I. The van der Waals surface area contributed by atoms with Gasteiger partial charge in [-0.1, -0.05) is 6.92 Å². The van der Waals surface area contributed by atoms with Gasteiger partial charge in [0.15, 0.2) is 5.96 Å². The van der Waals surface area contributed by atoms with E-state index < -0.39 is 0 Å². The van der Waals surface area contributed by atoms with Crippen LogP contribution in [0.15, 0.2) is 34.6 Å². The van der Waals surface area contributed by atoms with Crippen molar-refractivity contribution in [1.82, 2.24) is 15.2 Å². The second kappa shape index (κ2) is 11.2. The second-order valence-corrected chi connectivity index (χ2v) is 6.15. The molecule has 5 nitrogen and oxygen atoms in total. The Morgan fingerprint density at radius 2 is 2.08 bits per heavy atom. The van der Waals surface area contributed by atoms with E-state index in [1.54, 1.807) is 30.5 Å². The average molecular weight is 478 g/mol. The second-order valence-electron chi connectivity index (χ2n) is 5.21. The van der Waals surface area contributed by atoms with Gasteiger partial charge in [0.1, 0.15) is 18.2 Å². The van der Waals surface area contributed by atoms with Gasteiger partial charge in [-0.25, -0.2) is 9.37 Å². The fourth-order valence-electron chi connectivity index (χ4n) is 2.08. The Morgan fingerprint density at radius 3 is 2.68 bits per heavy atom. The van der Waals surface area contributed by atoms with Crippen LogP contribution >= 0.6 is 35.3 Å². The van der Waals surface area contributed by atoms with Crippen LogP contribution in [0.2, 0.25) is 0 Å². The average Bonchev–Trinajstić information content (AvgIpc) is 3.05. The molecule has 138 valence electrons. The molecule has 1 heterocycles. The van der Waals surface area contributed by atoms with Crippen LogP contribution in [0, 0.1) is 5.82 Å². The largest absolute Gasteiger partial charge is 0.492 e. The number of likely N-dealkylation sites (N-methyl/N-ethyl adjacent to an activating group) is 1. The van der Waals surface area contributed by atoms with Crippen molar-refractivity contribution in [3.63, 3.8) is 0 Å². The zero-order valence-electron chi connectivity index (χ0n) is 14.7. The summed E-state index contributed by atoms with van der Waals surface area (Å²) in [4.78, 5) is 10.8. The van der Waals surface area contributed by atoms with E-state index in [9.17, 15) is 4.39 Å². The molecule has 0 saturated carbocycles. The smallest absolute Gasteiger partial charge is 0.193 e. The van der Waals surface area contributed by atoms with Gasteiger partial charge in [-0.2, -0.15) is 0 Å². The number of ether oxygens (including phenoxy) is 1. The quantitative estimate of drug-likeness (QED) is 0.376. The molecular formula is C17H24FIN4OS. The first-order valence-corrected chi connectivity index (χ1v) is 8.73. The van der Waals surface area contributed by atoms with Crippen LogP contribution in [0.1, 0.15) is 17.6 Å². The van der Waals surface area contributed by atoms with Crippen molar-refractivity contribution in [3.05, 3.63) is 46.2 Å². The van der Waals surface area contributed by atoms with Gasteiger partial charge in [-0.3, -0.25) is 4.99 Å². The molecule has 2 aromatic rings. The molecular weight excluding hydrogens is 454 g/mol. The molecule has 1 aromatic carbocycles. The number of aryl methyl sites for hydroxylation is 1. The third kappa shape index (κ3) is 7.15. The summed E-state index contributed by atoms with van der Waals surface area (Å²) in [6, 6.07) is 6.02. The summed E-state index contributed by atoms with van der Waals surface area (Å²) in [5.41, 5.74) is 1.02. The van der Waals surface area contributed by atoms with E-state index >= 15 is 0 Å². The lowest BCUT2D eigenvalue weighted by atomic mass is 10.3. The molecule has 0 spiro atoms. The molecule has 0 amide bonds. The number of rotatable bonds is 7. The summed E-state index contributed by atoms with van der Waals surface area (Å²) in [5, 5.41) is 6.50. The molecule has 0 fully saturated rings. The monoisotopic (exact) mass is 478 g/mol. The van der Waals surface area contributed by atoms with Crippen LogP contribution in [-0.2, 0) is 13.0 Å². The van der Waals surface area contributed by atoms with Gasteiger partial charge < -0.3 is 15.0 Å². The Morgan fingerprint density at radius 1 is 1.36 bits per heavy atom. The number of nitrogens with one attached hydrogen (secondary N) is 1. The number of aliphatic imine (C=N–C) groups is 1. The van der Waals surface area contributed by atoms with Crippen LogP contribution in [0.3, 0.4) is 0 Å². The first-order valence-electron chi connectivity index (χ1n) is 7.85. The molecule has 1 N–H and O–H groups in total. The maximum atomic E-state index is 12.8. The molecule has 0 radical (unpaired) electrons. The Balaban J connectivity index is 0.00000312. The molecule has 8 heteroatoms. The topological polar surface area (TPSA) is 49.8 Å². The molecule has 1 aromatic heterocycles. The van der Waals surface area contributed by atoms with Gasteiger partial charge in [-0.15, -0.1) is 35.3 Å². The van der Waals surface area contributed by atoms with Crippen molar-refractivity contribution in [1.29, 1.82) is 0 Å². The number of hydrogen-bond acceptors (Lipinski definition) is 4. The molecule has 0 unspecified atom stereocenters. The van der Waals surface area contributed by atoms with E-state index in [0.29, 0.717) is 25.4 Å². The van der Waals surface area contributed by atoms with E-state index in [4.69, 9.17) is 4.74 Å². The number of halogens is 2. The predicted octanol–water partition coefficient (Wildman–Crippen LogP) is 3.55. The fraction of sp³-hybridized carbons (Fsp3) is 0.412. The standard InChI is InChI=1S/C17H23FN4OS.HI/c1-4-16-21-14(12-24-16)11-20-17(19-2)22(3)9-10-23-15-7-5-13(18)6-8-15;/h5-8,12H,4,9-11H2,1-3H3,(H,19,20);1H. The van der Waals surface area contributed by atoms with Crippen molar-refractivity contribution in [3.8, 4) is 5.75 Å². The predicted molar refractivity (Wildman–Crippen MR) is 112 cm³/mol. The third-order valence-electron chi connectivity index (χ3n) is 3.41. The highest BCUT2D eigenvalue weighted by atomic mass is 127. The van der Waals surface area contributed by atoms with E-state index in [1.807, 2.05) is 11.9 Å². The van der Waals surface area contributed by atoms with Crippen LogP contribution in [-0.4, -0.2) is 43.1 Å². The zero-order valence-corrected chi connectivity index (χ0v) is 17.8. The normalized spacial score (nSPS) is 11.0. The molecule has 0 saturated heterocycles. The Kier molecular flexibility index (Phi) is 9.73. The summed E-state index contributed by atoms with van der Waals surface area (Å²) in [6.07, 6.45) is 0.958. The number of guanidine groups is 1. The molecule has 0 aliphatic rings. The minimum Gasteiger partial charge on any atom is -0.492 e. The highest BCUT2D eigenvalue weighted by Gasteiger charge is 2.07. The van der Waals surface area contributed by atoms with Gasteiger partial charge in [-0.05, 0) is 30.7 Å². The van der Waals surface area contributed by atoms with Crippen LogP contribution in [0.25, 0.3) is 0 Å². The van der Waals surface area contributed by atoms with E-state index in [2.05, 4.69) is 27.6 Å². The lowest BCUT2D eigenvalue weighted by Crippen LogP contribution is -2.40. The lowest BCUT2D eigenvalue weighted by molar-refractivity contribution is 0.281. The first kappa shape index (κ1) is 21.6. The van der Waals surface area contributed by atoms with E-state index in [-0.39, 0.29) is 29.8 Å². The van der Waals surface area contributed by atoms with Crippen molar-refractivity contribution in [2.45, 2.75) is 19.9 Å². The molecule has 0 aliphatic carbocycles. The van der Waals surface area contributed by atoms with Crippen molar-refractivity contribution in [2.75, 3.05) is 27.2 Å². The maximum Gasteiger partial charge on any atom is 0.193 e. The highest BCUT2D eigenvalue weighted by Crippen LogP contribution is 2.11. The highest BCUT2D eigenvalue weighted by molar-refractivity contribution is 14.0. The number of thiazole rings is 1. The van der Waals surface area contributed by atoms with Crippen LogP contribution in [0.4, 0.5) is 4.39 Å². The number of benzene rings is 1. The molecule has 0 bridgehead atoms.